The molecule has 0 saturated carbocycles. The Morgan fingerprint density at radius 1 is 1.27 bits per heavy atom. The van der Waals surface area contributed by atoms with Gasteiger partial charge in [0.05, 0.1) is 12.6 Å². The molecule has 2 heterocycles. The number of amides is 1. The number of hydrogen-bond acceptors (Lipinski definition) is 5. The number of rotatable bonds is 4. The molecule has 0 aliphatic carbocycles. The van der Waals surface area contributed by atoms with Crippen LogP contribution in [0.4, 0.5) is 4.79 Å². The number of aryl methyl sites for hydroxylation is 1. The van der Waals surface area contributed by atoms with Gasteiger partial charge in [0.2, 0.25) is 0 Å². The van der Waals surface area contributed by atoms with Crippen LogP contribution in [0.5, 0.6) is 0 Å². The van der Waals surface area contributed by atoms with Crippen LogP contribution >= 0.6 is 0 Å². The second kappa shape index (κ2) is 7.98. The number of hydrogen-bond donors (Lipinski definition) is 1. The van der Waals surface area contributed by atoms with Gasteiger partial charge >= 0.3 is 6.09 Å². The van der Waals surface area contributed by atoms with Crippen molar-refractivity contribution in [2.24, 2.45) is 4.99 Å². The molecule has 1 atom stereocenters. The first-order chi connectivity index (χ1) is 12.4. The van der Waals surface area contributed by atoms with E-state index in [2.05, 4.69) is 39.5 Å². The first-order valence-corrected chi connectivity index (χ1v) is 9.49. The lowest BCUT2D eigenvalue weighted by atomic mass is 10.1. The van der Waals surface area contributed by atoms with Gasteiger partial charge in [-0.3, -0.25) is 4.99 Å². The molecular weight excluding hydrogens is 328 g/mol. The van der Waals surface area contributed by atoms with Gasteiger partial charge in [-0.25, -0.2) is 4.79 Å². The molecule has 2 aliphatic heterocycles. The first-order valence-electron chi connectivity index (χ1n) is 9.49. The summed E-state index contributed by atoms with van der Waals surface area (Å²) < 4.78 is 5.49. The Hall–Kier alpha value is -2.24. The van der Waals surface area contributed by atoms with Crippen molar-refractivity contribution in [3.8, 4) is 0 Å². The highest BCUT2D eigenvalue weighted by atomic mass is 16.6. The van der Waals surface area contributed by atoms with E-state index in [4.69, 9.17) is 4.74 Å². The van der Waals surface area contributed by atoms with Crippen molar-refractivity contribution in [1.29, 1.82) is 0 Å². The van der Waals surface area contributed by atoms with Gasteiger partial charge in [-0.1, -0.05) is 30.3 Å². The fraction of sp³-hybridized carbons (Fsp3) is 0.600. The summed E-state index contributed by atoms with van der Waals surface area (Å²) in [4.78, 5) is 21.0. The SMILES string of the molecule is CC(C)(C)OC(=O)N1CCN2C(NCCCc3ccccc3)=NCC2C1. The number of carbonyl (C=O) groups is 1. The van der Waals surface area contributed by atoms with E-state index < -0.39 is 5.60 Å². The van der Waals surface area contributed by atoms with E-state index in [1.54, 1.807) is 4.90 Å². The average molecular weight is 358 g/mol. The van der Waals surface area contributed by atoms with Crippen molar-refractivity contribution in [2.75, 3.05) is 32.7 Å². The maximum atomic E-state index is 12.3. The third kappa shape index (κ3) is 4.90. The zero-order chi connectivity index (χ0) is 18.6. The number of nitrogens with zero attached hydrogens (tertiary/aromatic N) is 3. The lowest BCUT2D eigenvalue weighted by molar-refractivity contribution is 0.0137. The molecule has 0 bridgehead atoms. The lowest BCUT2D eigenvalue weighted by Gasteiger charge is -2.39. The fourth-order valence-corrected chi connectivity index (χ4v) is 3.36. The Bertz CT molecular complexity index is 639. The first kappa shape index (κ1) is 18.5. The fourth-order valence-electron chi connectivity index (χ4n) is 3.36. The smallest absolute Gasteiger partial charge is 0.410 e. The second-order valence-electron chi connectivity index (χ2n) is 7.95. The van der Waals surface area contributed by atoms with E-state index in [1.165, 1.54) is 5.56 Å². The molecule has 26 heavy (non-hydrogen) atoms. The monoisotopic (exact) mass is 358 g/mol. The van der Waals surface area contributed by atoms with Crippen molar-refractivity contribution in [2.45, 2.75) is 45.3 Å². The molecule has 6 heteroatoms. The maximum Gasteiger partial charge on any atom is 0.410 e. The van der Waals surface area contributed by atoms with Gasteiger partial charge in [0, 0.05) is 26.2 Å². The van der Waals surface area contributed by atoms with Crippen LogP contribution in [-0.2, 0) is 11.2 Å². The number of aliphatic imine (C=N–C) groups is 1. The molecule has 1 saturated heterocycles. The molecule has 0 radical (unpaired) electrons. The second-order valence-corrected chi connectivity index (χ2v) is 7.95. The van der Waals surface area contributed by atoms with E-state index in [1.807, 2.05) is 26.8 Å². The lowest BCUT2D eigenvalue weighted by Crippen LogP contribution is -2.57. The number of ether oxygens (including phenoxy) is 1. The Morgan fingerprint density at radius 3 is 2.77 bits per heavy atom. The predicted octanol–water partition coefficient (Wildman–Crippen LogP) is 2.50. The third-order valence-corrected chi connectivity index (χ3v) is 4.63. The molecule has 1 aromatic carbocycles. The van der Waals surface area contributed by atoms with Gasteiger partial charge in [-0.15, -0.1) is 0 Å². The largest absolute Gasteiger partial charge is 0.444 e. The van der Waals surface area contributed by atoms with Crippen molar-refractivity contribution in [1.82, 2.24) is 15.1 Å². The summed E-state index contributed by atoms with van der Waals surface area (Å²) in [5.41, 5.74) is 0.915. The molecule has 0 spiro atoms. The summed E-state index contributed by atoms with van der Waals surface area (Å²) >= 11 is 0. The molecule has 3 rings (SSSR count). The number of benzene rings is 1. The standard InChI is InChI=1S/C20H30N4O2/c1-20(2,3)26-19(25)23-12-13-24-17(15-23)14-22-18(24)21-11-7-10-16-8-5-4-6-9-16/h4-6,8-9,17H,7,10-15H2,1-3H3,(H,21,22). The zero-order valence-electron chi connectivity index (χ0n) is 16.1. The van der Waals surface area contributed by atoms with E-state index in [9.17, 15) is 4.79 Å². The summed E-state index contributed by atoms with van der Waals surface area (Å²) in [6, 6.07) is 10.8. The van der Waals surface area contributed by atoms with Crippen molar-refractivity contribution >= 4 is 12.1 Å². The average Bonchev–Trinajstić information content (AvgIpc) is 3.00. The Labute approximate surface area is 156 Å². The Kier molecular flexibility index (Phi) is 5.69. The molecule has 2 aliphatic rings. The summed E-state index contributed by atoms with van der Waals surface area (Å²) in [5, 5.41) is 3.47. The molecule has 6 nitrogen and oxygen atoms in total. The summed E-state index contributed by atoms with van der Waals surface area (Å²) in [5.74, 6) is 0.979. The van der Waals surface area contributed by atoms with Gasteiger partial charge in [-0.2, -0.15) is 0 Å². The van der Waals surface area contributed by atoms with Gasteiger partial charge in [0.1, 0.15) is 5.60 Å². The highest BCUT2D eigenvalue weighted by Crippen LogP contribution is 2.18. The van der Waals surface area contributed by atoms with Crippen LogP contribution in [0.15, 0.2) is 35.3 Å². The molecule has 1 aromatic rings. The van der Waals surface area contributed by atoms with Crippen molar-refractivity contribution in [3.63, 3.8) is 0 Å². The molecule has 1 N–H and O–H groups in total. The molecular formula is C20H30N4O2. The maximum absolute atomic E-state index is 12.3. The number of nitrogens with one attached hydrogen (secondary N) is 1. The van der Waals surface area contributed by atoms with Crippen LogP contribution in [0.25, 0.3) is 0 Å². The highest BCUT2D eigenvalue weighted by Gasteiger charge is 2.36. The molecule has 1 fully saturated rings. The van der Waals surface area contributed by atoms with Crippen LogP contribution in [0.1, 0.15) is 32.8 Å². The van der Waals surface area contributed by atoms with Crippen molar-refractivity contribution < 1.29 is 9.53 Å². The highest BCUT2D eigenvalue weighted by molar-refractivity contribution is 5.82. The van der Waals surface area contributed by atoms with Crippen molar-refractivity contribution in [3.05, 3.63) is 35.9 Å². The Balaban J connectivity index is 1.41. The van der Waals surface area contributed by atoms with Crippen LogP contribution in [-0.4, -0.2) is 66.2 Å². The number of fused-ring (bicyclic) bond motifs is 1. The summed E-state index contributed by atoms with van der Waals surface area (Å²) in [7, 11) is 0. The van der Waals surface area contributed by atoms with Gasteiger partial charge in [0.25, 0.3) is 0 Å². The van der Waals surface area contributed by atoms with Gasteiger partial charge in [-0.05, 0) is 39.2 Å². The van der Waals surface area contributed by atoms with Crippen LogP contribution in [0, 0.1) is 0 Å². The van der Waals surface area contributed by atoms with E-state index in [0.29, 0.717) is 13.1 Å². The van der Waals surface area contributed by atoms with Gasteiger partial charge < -0.3 is 19.9 Å². The number of piperazine rings is 1. The minimum Gasteiger partial charge on any atom is -0.444 e. The number of guanidine groups is 1. The van der Waals surface area contributed by atoms with Crippen LogP contribution < -0.4 is 5.32 Å². The summed E-state index contributed by atoms with van der Waals surface area (Å²) in [6.07, 6.45) is 1.92. The summed E-state index contributed by atoms with van der Waals surface area (Å²) in [6.45, 7) is 9.50. The molecule has 0 aromatic heterocycles. The minimum atomic E-state index is -0.453. The number of carbonyl (C=O) groups excluding carboxylic acids is 1. The zero-order valence-corrected chi connectivity index (χ0v) is 16.1. The topological polar surface area (TPSA) is 57.2 Å². The third-order valence-electron chi connectivity index (χ3n) is 4.63. The minimum absolute atomic E-state index is 0.221. The van der Waals surface area contributed by atoms with Crippen LogP contribution in [0.2, 0.25) is 0 Å². The van der Waals surface area contributed by atoms with Gasteiger partial charge in [0.15, 0.2) is 5.96 Å². The quantitative estimate of drug-likeness (QED) is 0.840. The molecule has 1 amide bonds. The molecule has 142 valence electrons. The van der Waals surface area contributed by atoms with E-state index >= 15 is 0 Å². The predicted molar refractivity (Wildman–Crippen MR) is 103 cm³/mol. The van der Waals surface area contributed by atoms with E-state index in [0.717, 1.165) is 38.4 Å². The van der Waals surface area contributed by atoms with E-state index in [-0.39, 0.29) is 12.1 Å². The Morgan fingerprint density at radius 2 is 2.04 bits per heavy atom. The molecule has 1 unspecified atom stereocenters. The van der Waals surface area contributed by atoms with Crippen LogP contribution in [0.3, 0.4) is 0 Å². The normalized spacial score (nSPS) is 19.8.